The molecule has 2 aliphatic rings. The predicted molar refractivity (Wildman–Crippen MR) is 122 cm³/mol. The van der Waals surface area contributed by atoms with Gasteiger partial charge in [-0.1, -0.05) is 41.9 Å². The Bertz CT molecular complexity index is 1010. The zero-order chi connectivity index (χ0) is 22.0. The van der Waals surface area contributed by atoms with Gasteiger partial charge in [-0.2, -0.15) is 0 Å². The van der Waals surface area contributed by atoms with Crippen LogP contribution >= 0.6 is 11.6 Å². The van der Waals surface area contributed by atoms with E-state index in [0.717, 1.165) is 49.2 Å². The average molecular weight is 439 g/mol. The summed E-state index contributed by atoms with van der Waals surface area (Å²) in [4.78, 5) is 30.4. The first kappa shape index (κ1) is 21.4. The molecule has 0 unspecified atom stereocenters. The van der Waals surface area contributed by atoms with Gasteiger partial charge in [0.1, 0.15) is 11.4 Å². The normalized spacial score (nSPS) is 17.2. The lowest BCUT2D eigenvalue weighted by Crippen LogP contribution is -2.36. The van der Waals surface area contributed by atoms with Gasteiger partial charge in [-0.05, 0) is 62.4 Å². The van der Waals surface area contributed by atoms with Crippen LogP contribution in [0.2, 0.25) is 5.02 Å². The van der Waals surface area contributed by atoms with Crippen molar-refractivity contribution < 1.29 is 14.3 Å². The molecule has 1 saturated heterocycles. The Kier molecular flexibility index (Phi) is 6.33. The third-order valence-corrected chi connectivity index (χ3v) is 5.99. The van der Waals surface area contributed by atoms with E-state index >= 15 is 0 Å². The van der Waals surface area contributed by atoms with E-state index in [1.165, 1.54) is 4.90 Å². The monoisotopic (exact) mass is 438 g/mol. The molecule has 0 aliphatic carbocycles. The lowest BCUT2D eigenvalue weighted by Gasteiger charge is -2.29. The second kappa shape index (κ2) is 9.15. The molecule has 4 rings (SSSR count). The lowest BCUT2D eigenvalue weighted by molar-refractivity contribution is -0.138. The maximum Gasteiger partial charge on any atom is 0.278 e. The van der Waals surface area contributed by atoms with E-state index in [4.69, 9.17) is 16.3 Å². The summed E-state index contributed by atoms with van der Waals surface area (Å²) in [7, 11) is 0. The quantitative estimate of drug-likeness (QED) is 0.602. The predicted octanol–water partition coefficient (Wildman–Crippen LogP) is 4.89. The van der Waals surface area contributed by atoms with Gasteiger partial charge < -0.3 is 9.64 Å². The lowest BCUT2D eigenvalue weighted by atomic mass is 10.0. The molecule has 0 spiro atoms. The molecule has 0 radical (unpaired) electrons. The number of piperidine rings is 1. The van der Waals surface area contributed by atoms with E-state index in [0.29, 0.717) is 16.3 Å². The maximum atomic E-state index is 13.5. The molecule has 2 amide bonds. The summed E-state index contributed by atoms with van der Waals surface area (Å²) < 4.78 is 5.73. The van der Waals surface area contributed by atoms with Gasteiger partial charge in [0.25, 0.3) is 11.8 Å². The second-order valence-corrected chi connectivity index (χ2v) is 8.66. The zero-order valence-electron chi connectivity index (χ0n) is 17.9. The first-order chi connectivity index (χ1) is 15.0. The van der Waals surface area contributed by atoms with Crippen molar-refractivity contribution in [2.24, 2.45) is 0 Å². The highest BCUT2D eigenvalue weighted by molar-refractivity contribution is 6.35. The van der Waals surface area contributed by atoms with E-state index in [1.54, 1.807) is 6.07 Å². The van der Waals surface area contributed by atoms with E-state index in [-0.39, 0.29) is 24.5 Å². The van der Waals surface area contributed by atoms with Crippen molar-refractivity contribution in [3.63, 3.8) is 0 Å². The van der Waals surface area contributed by atoms with Gasteiger partial charge in [0, 0.05) is 18.1 Å². The Hall–Kier alpha value is -2.79. The van der Waals surface area contributed by atoms with Crippen molar-refractivity contribution in [1.29, 1.82) is 0 Å². The van der Waals surface area contributed by atoms with Gasteiger partial charge in [-0.25, -0.2) is 0 Å². The van der Waals surface area contributed by atoms with Crippen molar-refractivity contribution in [3.05, 3.63) is 70.4 Å². The summed E-state index contributed by atoms with van der Waals surface area (Å²) in [5, 5.41) is 0.547. The number of hydrogen-bond acceptors (Lipinski definition) is 4. The van der Waals surface area contributed by atoms with Crippen LogP contribution in [0.4, 0.5) is 0 Å². The van der Waals surface area contributed by atoms with Crippen LogP contribution < -0.4 is 4.74 Å². The number of imide groups is 1. The average Bonchev–Trinajstić information content (AvgIpc) is 3.01. The van der Waals surface area contributed by atoms with Gasteiger partial charge in [0.15, 0.2) is 0 Å². The van der Waals surface area contributed by atoms with Crippen LogP contribution in [0.1, 0.15) is 44.2 Å². The zero-order valence-corrected chi connectivity index (χ0v) is 18.7. The fourth-order valence-electron chi connectivity index (χ4n) is 4.15. The van der Waals surface area contributed by atoms with E-state index in [1.807, 2.05) is 56.3 Å². The third-order valence-electron chi connectivity index (χ3n) is 5.62. The molecule has 2 aliphatic heterocycles. The molecule has 2 heterocycles. The van der Waals surface area contributed by atoms with Gasteiger partial charge in [-0.15, -0.1) is 0 Å². The Labute approximate surface area is 188 Å². The Morgan fingerprint density at radius 3 is 2.26 bits per heavy atom. The number of halogens is 1. The second-order valence-electron chi connectivity index (χ2n) is 8.25. The van der Waals surface area contributed by atoms with Crippen molar-refractivity contribution in [3.8, 4) is 5.75 Å². The molecule has 31 heavy (non-hydrogen) atoms. The number of nitrogens with zero attached hydrogens (tertiary/aromatic N) is 2. The minimum Gasteiger partial charge on any atom is -0.491 e. The summed E-state index contributed by atoms with van der Waals surface area (Å²) in [6.45, 7) is 5.67. The summed E-state index contributed by atoms with van der Waals surface area (Å²) >= 11 is 6.31. The van der Waals surface area contributed by atoms with Crippen molar-refractivity contribution in [1.82, 2.24) is 9.80 Å². The third kappa shape index (κ3) is 4.47. The van der Waals surface area contributed by atoms with Gasteiger partial charge in [-0.3, -0.25) is 14.5 Å². The van der Waals surface area contributed by atoms with Crippen LogP contribution in [0.15, 0.2) is 54.2 Å². The van der Waals surface area contributed by atoms with Gasteiger partial charge in [0.2, 0.25) is 0 Å². The summed E-state index contributed by atoms with van der Waals surface area (Å²) in [6, 6.07) is 14.7. The highest BCUT2D eigenvalue weighted by Gasteiger charge is 2.41. The number of hydrogen-bond donors (Lipinski definition) is 0. The molecule has 0 aromatic heterocycles. The Morgan fingerprint density at radius 2 is 1.61 bits per heavy atom. The summed E-state index contributed by atoms with van der Waals surface area (Å²) in [5.41, 5.74) is 2.46. The van der Waals surface area contributed by atoms with Gasteiger partial charge in [0.05, 0.1) is 18.2 Å². The largest absolute Gasteiger partial charge is 0.491 e. The van der Waals surface area contributed by atoms with E-state index in [9.17, 15) is 9.59 Å². The minimum absolute atomic E-state index is 0.0646. The van der Waals surface area contributed by atoms with Crippen LogP contribution in [0.25, 0.3) is 5.57 Å². The molecule has 0 atom stereocenters. The highest BCUT2D eigenvalue weighted by atomic mass is 35.5. The molecule has 0 saturated carbocycles. The number of rotatable bonds is 6. The Morgan fingerprint density at radius 1 is 0.935 bits per heavy atom. The first-order valence-corrected chi connectivity index (χ1v) is 11.2. The van der Waals surface area contributed by atoms with Crippen LogP contribution in [0, 0.1) is 0 Å². The molecular weight excluding hydrogens is 412 g/mol. The fraction of sp³-hybridized carbons (Fsp3) is 0.360. The molecule has 1 fully saturated rings. The summed E-state index contributed by atoms with van der Waals surface area (Å²) in [5.74, 6) is 0.218. The molecule has 162 valence electrons. The number of benzene rings is 2. The van der Waals surface area contributed by atoms with Crippen LogP contribution in [-0.2, 0) is 16.1 Å². The van der Waals surface area contributed by atoms with Crippen molar-refractivity contribution in [2.75, 3.05) is 13.1 Å². The fourth-order valence-corrected chi connectivity index (χ4v) is 4.34. The van der Waals surface area contributed by atoms with E-state index < -0.39 is 0 Å². The van der Waals surface area contributed by atoms with Gasteiger partial charge >= 0.3 is 0 Å². The SMILES string of the molecule is CC(C)Oc1ccc(C2=C(N3CCCCC3)C(=O)N(Cc3ccccc3Cl)C2=O)cc1. The number of amides is 2. The van der Waals surface area contributed by atoms with Crippen LogP contribution in [0.5, 0.6) is 5.75 Å². The van der Waals surface area contributed by atoms with Crippen molar-refractivity contribution >= 4 is 29.0 Å². The van der Waals surface area contributed by atoms with E-state index in [2.05, 4.69) is 4.90 Å². The number of carbonyl (C=O) groups excluding carboxylic acids is 2. The molecule has 6 heteroatoms. The number of ether oxygens (including phenoxy) is 1. The van der Waals surface area contributed by atoms with Crippen molar-refractivity contribution in [2.45, 2.75) is 45.8 Å². The molecule has 0 bridgehead atoms. The minimum atomic E-state index is -0.275. The van der Waals surface area contributed by atoms with Crippen LogP contribution in [0.3, 0.4) is 0 Å². The molecule has 2 aromatic rings. The highest BCUT2D eigenvalue weighted by Crippen LogP contribution is 2.35. The smallest absolute Gasteiger partial charge is 0.278 e. The maximum absolute atomic E-state index is 13.5. The molecule has 2 aromatic carbocycles. The standard InChI is InChI=1S/C25H27ClN2O3/c1-17(2)31-20-12-10-18(11-13-20)22-23(27-14-6-3-7-15-27)25(30)28(24(22)29)16-19-8-4-5-9-21(19)26/h4-5,8-13,17H,3,6-7,14-16H2,1-2H3. The van der Waals surface area contributed by atoms with Crippen LogP contribution in [-0.4, -0.2) is 40.8 Å². The topological polar surface area (TPSA) is 49.9 Å². The Balaban J connectivity index is 1.70. The molecule has 0 N–H and O–H groups in total. The summed E-state index contributed by atoms with van der Waals surface area (Å²) in [6.07, 6.45) is 3.24. The first-order valence-electron chi connectivity index (χ1n) is 10.8. The number of likely N-dealkylation sites (tertiary alicyclic amines) is 1. The molecular formula is C25H27ClN2O3. The number of carbonyl (C=O) groups is 2. The molecule has 5 nitrogen and oxygen atoms in total.